The minimum atomic E-state index is -6.17. The van der Waals surface area contributed by atoms with Crippen molar-refractivity contribution in [3.63, 3.8) is 0 Å². The van der Waals surface area contributed by atoms with Gasteiger partial charge in [0.15, 0.2) is 12.5 Å². The number of nitrogens with one attached hydrogen (secondary N) is 1. The number of hydrogen-bond acceptors (Lipinski definition) is 17. The predicted molar refractivity (Wildman–Crippen MR) is 106 cm³/mol. The van der Waals surface area contributed by atoms with E-state index in [1.807, 2.05) is 4.98 Å². The number of rotatable bonds is 13. The zero-order valence-corrected chi connectivity index (χ0v) is 19.6. The number of aliphatic hydroxyl groups is 6. The maximum atomic E-state index is 12.8. The van der Waals surface area contributed by atoms with Gasteiger partial charge in [0.1, 0.15) is 42.7 Å². The fourth-order valence-corrected chi connectivity index (χ4v) is 5.19. The number of aromatic amines is 1. The van der Waals surface area contributed by atoms with Crippen LogP contribution in [0.1, 0.15) is 6.23 Å². The lowest BCUT2D eigenvalue weighted by atomic mass is 10.0. The molecule has 1 fully saturated rings. The highest BCUT2D eigenvalue weighted by molar-refractivity contribution is 7.60. The summed E-state index contributed by atoms with van der Waals surface area (Å²) in [6, 6.07) is 0.889. The van der Waals surface area contributed by atoms with Crippen molar-refractivity contribution in [1.29, 1.82) is 0 Å². The van der Waals surface area contributed by atoms with Crippen LogP contribution < -0.4 is 21.0 Å². The molecule has 0 radical (unpaired) electrons. The summed E-state index contributed by atoms with van der Waals surface area (Å²) in [5.41, 5.74) is -1.84. The largest absolute Gasteiger partial charge is 0.789 e. The highest BCUT2D eigenvalue weighted by atomic mass is 31.3. The van der Waals surface area contributed by atoms with Crippen LogP contribution in [0.2, 0.25) is 0 Å². The number of ether oxygens (including phenoxy) is 1. The summed E-state index contributed by atoms with van der Waals surface area (Å²) in [6.45, 7) is -2.50. The third kappa shape index (κ3) is 7.67. The lowest BCUT2D eigenvalue weighted by molar-refractivity contribution is -0.335. The highest BCUT2D eigenvalue weighted by Gasteiger charge is 2.46. The summed E-state index contributed by atoms with van der Waals surface area (Å²) in [4.78, 5) is 57.7. The van der Waals surface area contributed by atoms with Gasteiger partial charge in [0.2, 0.25) is 0 Å². The van der Waals surface area contributed by atoms with Gasteiger partial charge in [-0.15, -0.1) is 0 Å². The van der Waals surface area contributed by atoms with E-state index in [-0.39, 0.29) is 6.29 Å². The molecule has 7 N–H and O–H groups in total. The molecule has 36 heavy (non-hydrogen) atoms. The Labute approximate surface area is 199 Å². The number of aldehydes is 1. The zero-order chi connectivity index (χ0) is 27.4. The highest BCUT2D eigenvalue weighted by Crippen LogP contribution is 2.59. The molecular formula is C15H22N2O17P2-2. The number of phosphoric acid groups is 2. The zero-order valence-electron chi connectivity index (χ0n) is 17.8. The van der Waals surface area contributed by atoms with Crippen molar-refractivity contribution in [2.24, 2.45) is 0 Å². The molecule has 1 aromatic heterocycles. The maximum Gasteiger partial charge on any atom is 0.479 e. The van der Waals surface area contributed by atoms with E-state index in [0.29, 0.717) is 4.57 Å². The molecule has 9 unspecified atom stereocenters. The molecule has 0 spiro atoms. The molecule has 0 aliphatic carbocycles. The summed E-state index contributed by atoms with van der Waals surface area (Å²) in [5, 5.41) is 58.6. The molecule has 9 atom stereocenters. The van der Waals surface area contributed by atoms with Gasteiger partial charge in [-0.2, -0.15) is 0 Å². The third-order valence-electron chi connectivity index (χ3n) is 4.72. The fourth-order valence-electron chi connectivity index (χ4n) is 2.96. The van der Waals surface area contributed by atoms with E-state index in [4.69, 9.17) is 4.74 Å². The third-order valence-corrected chi connectivity index (χ3v) is 7.32. The molecule has 21 heteroatoms. The van der Waals surface area contributed by atoms with Crippen LogP contribution in [0.15, 0.2) is 21.9 Å². The number of aliphatic hydroxyl groups excluding tert-OH is 6. The quantitative estimate of drug-likeness (QED) is 0.0865. The Hall–Kier alpha value is -1.67. The van der Waals surface area contributed by atoms with Crippen LogP contribution in [0.25, 0.3) is 0 Å². The van der Waals surface area contributed by atoms with E-state index in [2.05, 4.69) is 13.4 Å². The topological polar surface area (TPSA) is 310 Å². The van der Waals surface area contributed by atoms with Gasteiger partial charge in [-0.25, -0.2) is 9.36 Å². The molecular weight excluding hydrogens is 542 g/mol. The first-order valence-electron chi connectivity index (χ1n) is 9.72. The summed E-state index contributed by atoms with van der Waals surface area (Å²) in [6.07, 6.45) is -15.6. The average Bonchev–Trinajstić information content (AvgIpc) is 3.07. The van der Waals surface area contributed by atoms with E-state index >= 15 is 0 Å². The van der Waals surface area contributed by atoms with E-state index < -0.39 is 89.1 Å². The van der Waals surface area contributed by atoms with Crippen molar-refractivity contribution in [3.05, 3.63) is 33.1 Å². The van der Waals surface area contributed by atoms with Gasteiger partial charge in [0.05, 0.1) is 21.0 Å². The SMILES string of the molecule is O=CC(O)C(O)C(O)C(CO)OP(=O)(OCC1OC(n2ccc(=O)[nH]c2=O)C(O)C1O)OP(=O)([O-])[O-]. The minimum Gasteiger partial charge on any atom is -0.789 e. The van der Waals surface area contributed by atoms with Gasteiger partial charge in [0, 0.05) is 12.3 Å². The molecule has 2 heterocycles. The van der Waals surface area contributed by atoms with E-state index in [0.717, 1.165) is 12.3 Å². The Kier molecular flexibility index (Phi) is 10.4. The van der Waals surface area contributed by atoms with Crippen LogP contribution in [0.4, 0.5) is 0 Å². The van der Waals surface area contributed by atoms with Crippen LogP contribution in [-0.4, -0.2) is 102 Å². The van der Waals surface area contributed by atoms with E-state index in [9.17, 15) is 63.9 Å². The van der Waals surface area contributed by atoms with Crippen LogP contribution in [0, 0.1) is 0 Å². The minimum absolute atomic E-state index is 0.216. The van der Waals surface area contributed by atoms with Crippen LogP contribution in [0.5, 0.6) is 0 Å². The predicted octanol–water partition coefficient (Wildman–Crippen LogP) is -6.22. The second-order valence-corrected chi connectivity index (χ2v) is 10.2. The van der Waals surface area contributed by atoms with Gasteiger partial charge < -0.3 is 54.5 Å². The molecule has 0 bridgehead atoms. The second kappa shape index (κ2) is 12.2. The van der Waals surface area contributed by atoms with Gasteiger partial charge >= 0.3 is 13.5 Å². The van der Waals surface area contributed by atoms with Gasteiger partial charge in [-0.3, -0.25) is 27.7 Å². The molecule has 1 saturated heterocycles. The van der Waals surface area contributed by atoms with Crippen LogP contribution in [0.3, 0.4) is 0 Å². The molecule has 0 aromatic carbocycles. The Balaban J connectivity index is 2.22. The van der Waals surface area contributed by atoms with Crippen molar-refractivity contribution >= 4 is 21.9 Å². The first-order valence-corrected chi connectivity index (χ1v) is 12.6. The summed E-state index contributed by atoms with van der Waals surface area (Å²) in [7, 11) is -11.8. The number of phosphoric ester groups is 1. The summed E-state index contributed by atoms with van der Waals surface area (Å²) < 4.78 is 42.7. The Morgan fingerprint density at radius 1 is 1.17 bits per heavy atom. The number of H-pyrrole nitrogens is 1. The summed E-state index contributed by atoms with van der Waals surface area (Å²) >= 11 is 0. The molecule has 206 valence electrons. The Morgan fingerprint density at radius 3 is 2.33 bits per heavy atom. The molecule has 1 aliphatic rings. The molecule has 0 saturated carbocycles. The first kappa shape index (κ1) is 30.6. The van der Waals surface area contributed by atoms with Crippen molar-refractivity contribution in [2.75, 3.05) is 13.2 Å². The fraction of sp³-hybridized carbons (Fsp3) is 0.667. The lowest BCUT2D eigenvalue weighted by Crippen LogP contribution is -2.47. The molecule has 0 amide bonds. The number of hydrogen-bond donors (Lipinski definition) is 7. The van der Waals surface area contributed by atoms with Crippen molar-refractivity contribution in [1.82, 2.24) is 9.55 Å². The van der Waals surface area contributed by atoms with E-state index in [1.165, 1.54) is 0 Å². The molecule has 2 rings (SSSR count). The van der Waals surface area contributed by atoms with Crippen molar-refractivity contribution < 1.29 is 72.4 Å². The number of carbonyl (C=O) groups excluding carboxylic acids is 1. The molecule has 1 aromatic rings. The summed E-state index contributed by atoms with van der Waals surface area (Å²) in [5.74, 6) is 0. The lowest BCUT2D eigenvalue weighted by Gasteiger charge is -2.35. The Bertz CT molecular complexity index is 1100. The smallest absolute Gasteiger partial charge is 0.479 e. The van der Waals surface area contributed by atoms with Gasteiger partial charge in [0.25, 0.3) is 5.56 Å². The van der Waals surface area contributed by atoms with Gasteiger partial charge in [-0.05, 0) is 0 Å². The molecule has 19 nitrogen and oxygen atoms in total. The van der Waals surface area contributed by atoms with Gasteiger partial charge in [-0.1, -0.05) is 0 Å². The van der Waals surface area contributed by atoms with Crippen molar-refractivity contribution in [2.45, 2.75) is 49.0 Å². The number of carbonyl (C=O) groups is 1. The Morgan fingerprint density at radius 2 is 1.81 bits per heavy atom. The number of nitrogens with zero attached hydrogens (tertiary/aromatic N) is 1. The monoisotopic (exact) mass is 564 g/mol. The normalized spacial score (nSPS) is 27.7. The molecule has 1 aliphatic heterocycles. The van der Waals surface area contributed by atoms with Crippen LogP contribution in [-0.2, 0) is 32.0 Å². The maximum absolute atomic E-state index is 12.8. The first-order chi connectivity index (χ1) is 16.6. The number of aromatic nitrogens is 2. The second-order valence-electron chi connectivity index (χ2n) is 7.27. The standard InChI is InChI=1S/C15H24N2O17P2/c18-3-6(20)10(22)11(23)7(4-19)33-36(30,34-35(27,28)29)31-5-8-12(24)13(25)14(32-8)17-2-1-9(21)16-15(17)26/h1-3,6-8,10-14,19-20,22-25H,4-5H2,(H,16,21,26)(H2,27,28,29)/p-2. The van der Waals surface area contributed by atoms with Crippen molar-refractivity contribution in [3.8, 4) is 0 Å². The van der Waals surface area contributed by atoms with E-state index in [1.54, 1.807) is 0 Å². The average molecular weight is 564 g/mol. The van der Waals surface area contributed by atoms with Crippen LogP contribution >= 0.6 is 15.6 Å².